The van der Waals surface area contributed by atoms with Crippen LogP contribution in [0.25, 0.3) is 0 Å². The van der Waals surface area contributed by atoms with Crippen LogP contribution in [0.2, 0.25) is 0 Å². The van der Waals surface area contributed by atoms with E-state index >= 15 is 0 Å². The van der Waals surface area contributed by atoms with Gasteiger partial charge in [-0.1, -0.05) is 74.0 Å². The van der Waals surface area contributed by atoms with Crippen LogP contribution in [-0.2, 0) is 15.1 Å². The molecule has 1 unspecified atom stereocenters. The third-order valence-corrected chi connectivity index (χ3v) is 5.53. The number of hydrogen-bond acceptors (Lipinski definition) is 4. The largest absolute Gasteiger partial charge is 0.460 e. The third kappa shape index (κ3) is 4.81. The molecule has 0 bridgehead atoms. The van der Waals surface area contributed by atoms with Gasteiger partial charge >= 0.3 is 5.97 Å². The molecule has 0 aliphatic carbocycles. The lowest BCUT2D eigenvalue weighted by Crippen LogP contribution is -2.41. The fourth-order valence-electron chi connectivity index (χ4n) is 3.91. The van der Waals surface area contributed by atoms with Crippen molar-refractivity contribution in [2.45, 2.75) is 50.7 Å². The Labute approximate surface area is 168 Å². The molecule has 0 radical (unpaired) electrons. The van der Waals surface area contributed by atoms with E-state index in [2.05, 4.69) is 11.8 Å². The van der Waals surface area contributed by atoms with E-state index in [1.165, 1.54) is 12.8 Å². The van der Waals surface area contributed by atoms with Gasteiger partial charge in [0.05, 0.1) is 0 Å². The zero-order valence-electron chi connectivity index (χ0n) is 16.7. The van der Waals surface area contributed by atoms with Gasteiger partial charge in [-0.3, -0.25) is 0 Å². The van der Waals surface area contributed by atoms with Crippen molar-refractivity contribution in [2.24, 2.45) is 0 Å². The second kappa shape index (κ2) is 9.85. The van der Waals surface area contributed by atoms with Gasteiger partial charge in [0.2, 0.25) is 5.60 Å². The number of nitrogens with zero attached hydrogens (tertiary/aromatic N) is 1. The molecular formula is C24H31NO3. The maximum absolute atomic E-state index is 13.3. The van der Waals surface area contributed by atoms with E-state index in [0.717, 1.165) is 38.9 Å². The molecule has 4 heteroatoms. The van der Waals surface area contributed by atoms with E-state index in [1.807, 2.05) is 36.4 Å². The number of likely N-dealkylation sites (tertiary alicyclic amines) is 1. The van der Waals surface area contributed by atoms with Crippen LogP contribution in [0.1, 0.15) is 50.2 Å². The van der Waals surface area contributed by atoms with E-state index in [4.69, 9.17) is 4.74 Å². The second-order valence-corrected chi connectivity index (χ2v) is 7.60. The van der Waals surface area contributed by atoms with Crippen LogP contribution in [0.5, 0.6) is 0 Å². The Morgan fingerprint density at radius 3 is 2.04 bits per heavy atom. The number of rotatable bonds is 9. The molecule has 2 aromatic carbocycles. The lowest BCUT2D eigenvalue weighted by atomic mass is 9.86. The van der Waals surface area contributed by atoms with Gasteiger partial charge in [0.25, 0.3) is 0 Å². The molecule has 0 spiro atoms. The fraction of sp³-hybridized carbons (Fsp3) is 0.458. The van der Waals surface area contributed by atoms with Crippen LogP contribution in [0, 0.1) is 0 Å². The van der Waals surface area contributed by atoms with Gasteiger partial charge in [0, 0.05) is 6.54 Å². The molecule has 4 nitrogen and oxygen atoms in total. The van der Waals surface area contributed by atoms with Crippen LogP contribution in [0.3, 0.4) is 0 Å². The summed E-state index contributed by atoms with van der Waals surface area (Å²) < 4.78 is 5.91. The number of benzene rings is 2. The van der Waals surface area contributed by atoms with Crippen molar-refractivity contribution in [3.63, 3.8) is 0 Å². The molecule has 0 aromatic heterocycles. The molecule has 1 saturated heterocycles. The van der Waals surface area contributed by atoms with Crippen LogP contribution in [-0.4, -0.2) is 41.7 Å². The molecule has 28 heavy (non-hydrogen) atoms. The first-order chi connectivity index (χ1) is 13.6. The van der Waals surface area contributed by atoms with Crippen molar-refractivity contribution in [3.05, 3.63) is 71.8 Å². The summed E-state index contributed by atoms with van der Waals surface area (Å²) in [7, 11) is 0. The van der Waals surface area contributed by atoms with E-state index in [-0.39, 0.29) is 6.10 Å². The minimum Gasteiger partial charge on any atom is -0.460 e. The Morgan fingerprint density at radius 2 is 1.54 bits per heavy atom. The minimum absolute atomic E-state index is 0.183. The van der Waals surface area contributed by atoms with Gasteiger partial charge in [0.1, 0.15) is 6.10 Å². The Balaban J connectivity index is 1.79. The number of carbonyl (C=O) groups is 1. The van der Waals surface area contributed by atoms with Crippen LogP contribution < -0.4 is 0 Å². The first-order valence-corrected chi connectivity index (χ1v) is 10.4. The smallest absolute Gasteiger partial charge is 0.347 e. The summed E-state index contributed by atoms with van der Waals surface area (Å²) in [5.74, 6) is -0.593. The normalized spacial score (nSPS) is 16.1. The Hall–Kier alpha value is -2.17. The molecule has 1 N–H and O–H groups in total. The maximum Gasteiger partial charge on any atom is 0.347 e. The van der Waals surface area contributed by atoms with E-state index in [9.17, 15) is 9.90 Å². The summed E-state index contributed by atoms with van der Waals surface area (Å²) in [4.78, 5) is 15.7. The van der Waals surface area contributed by atoms with Crippen molar-refractivity contribution < 1.29 is 14.6 Å². The average molecular weight is 382 g/mol. The van der Waals surface area contributed by atoms with Crippen molar-refractivity contribution in [2.75, 3.05) is 19.6 Å². The van der Waals surface area contributed by atoms with Gasteiger partial charge in [-0.2, -0.15) is 0 Å². The number of ether oxygens (including phenoxy) is 1. The van der Waals surface area contributed by atoms with E-state index in [1.54, 1.807) is 24.3 Å². The van der Waals surface area contributed by atoms with Crippen molar-refractivity contribution in [1.82, 2.24) is 4.90 Å². The van der Waals surface area contributed by atoms with Crippen molar-refractivity contribution >= 4 is 5.97 Å². The summed E-state index contributed by atoms with van der Waals surface area (Å²) in [5.41, 5.74) is -0.746. The molecule has 1 fully saturated rings. The molecular weight excluding hydrogens is 350 g/mol. The summed E-state index contributed by atoms with van der Waals surface area (Å²) in [6.07, 6.45) is 4.86. The predicted octanol–water partition coefficient (Wildman–Crippen LogP) is 4.12. The highest BCUT2D eigenvalue weighted by Crippen LogP contribution is 2.32. The van der Waals surface area contributed by atoms with Gasteiger partial charge in [-0.05, 0) is 49.9 Å². The van der Waals surface area contributed by atoms with Crippen LogP contribution in [0.15, 0.2) is 60.7 Å². The standard InChI is InChI=1S/C24H31NO3/c1-2-11-22(16-19-25-17-9-10-18-25)28-23(26)24(27,20-12-5-3-6-13-20)21-14-7-4-8-15-21/h3-8,12-15,22,27H,2,9-11,16-19H2,1H3. The first kappa shape index (κ1) is 20.6. The predicted molar refractivity (Wildman–Crippen MR) is 111 cm³/mol. The summed E-state index contributed by atoms with van der Waals surface area (Å²) >= 11 is 0. The van der Waals surface area contributed by atoms with Gasteiger partial charge in [0.15, 0.2) is 0 Å². The lowest BCUT2D eigenvalue weighted by molar-refractivity contribution is -0.168. The zero-order chi connectivity index (χ0) is 19.8. The fourth-order valence-corrected chi connectivity index (χ4v) is 3.91. The molecule has 0 amide bonds. The highest BCUT2D eigenvalue weighted by molar-refractivity contribution is 5.85. The number of carbonyl (C=O) groups excluding carboxylic acids is 1. The summed E-state index contributed by atoms with van der Waals surface area (Å²) in [6.45, 7) is 5.29. The van der Waals surface area contributed by atoms with Gasteiger partial charge in [-0.25, -0.2) is 4.79 Å². The molecule has 1 aliphatic rings. The quantitative estimate of drug-likeness (QED) is 0.664. The maximum atomic E-state index is 13.3. The highest BCUT2D eigenvalue weighted by Gasteiger charge is 2.42. The first-order valence-electron chi connectivity index (χ1n) is 10.4. The topological polar surface area (TPSA) is 49.8 Å². The molecule has 2 aromatic rings. The zero-order valence-corrected chi connectivity index (χ0v) is 16.7. The van der Waals surface area contributed by atoms with Crippen LogP contribution >= 0.6 is 0 Å². The molecule has 150 valence electrons. The van der Waals surface area contributed by atoms with E-state index < -0.39 is 11.6 Å². The third-order valence-electron chi connectivity index (χ3n) is 5.53. The molecule has 1 heterocycles. The lowest BCUT2D eigenvalue weighted by Gasteiger charge is -2.30. The minimum atomic E-state index is -1.80. The molecule has 3 rings (SSSR count). The number of aliphatic hydroxyl groups is 1. The second-order valence-electron chi connectivity index (χ2n) is 7.60. The Morgan fingerprint density at radius 1 is 1.00 bits per heavy atom. The molecule has 1 aliphatic heterocycles. The monoisotopic (exact) mass is 381 g/mol. The SMILES string of the molecule is CCCC(CCN1CCCC1)OC(=O)C(O)(c1ccccc1)c1ccccc1. The summed E-state index contributed by atoms with van der Waals surface area (Å²) in [5, 5.41) is 11.5. The number of hydrogen-bond donors (Lipinski definition) is 1. The van der Waals surface area contributed by atoms with Crippen LogP contribution in [0.4, 0.5) is 0 Å². The Kier molecular flexibility index (Phi) is 7.24. The number of esters is 1. The highest BCUT2D eigenvalue weighted by atomic mass is 16.6. The Bertz CT molecular complexity index is 687. The summed E-state index contributed by atoms with van der Waals surface area (Å²) in [6, 6.07) is 18.1. The van der Waals surface area contributed by atoms with Gasteiger partial charge < -0.3 is 14.7 Å². The van der Waals surface area contributed by atoms with Crippen molar-refractivity contribution in [3.8, 4) is 0 Å². The average Bonchev–Trinajstić information content (AvgIpc) is 3.26. The van der Waals surface area contributed by atoms with E-state index in [0.29, 0.717) is 11.1 Å². The molecule has 1 atom stereocenters. The molecule has 0 saturated carbocycles. The van der Waals surface area contributed by atoms with Crippen molar-refractivity contribution in [1.29, 1.82) is 0 Å². The van der Waals surface area contributed by atoms with Gasteiger partial charge in [-0.15, -0.1) is 0 Å².